The molecule has 1 fully saturated rings. The van der Waals surface area contributed by atoms with E-state index in [0.29, 0.717) is 5.92 Å². The van der Waals surface area contributed by atoms with Gasteiger partial charge in [0.05, 0.1) is 12.0 Å². The fourth-order valence-corrected chi connectivity index (χ4v) is 3.42. The van der Waals surface area contributed by atoms with Crippen molar-refractivity contribution in [3.05, 3.63) is 16.3 Å². The summed E-state index contributed by atoms with van der Waals surface area (Å²) in [4.78, 5) is 15.0. The molecule has 0 aromatic carbocycles. The highest BCUT2D eigenvalue weighted by atomic mass is 79.9. The average molecular weight is 318 g/mol. The van der Waals surface area contributed by atoms with Gasteiger partial charge in [0.2, 0.25) is 0 Å². The lowest BCUT2D eigenvalue weighted by molar-refractivity contribution is 0.0690. The Hall–Kier alpha value is -0.550. The molecule has 1 aliphatic heterocycles. The van der Waals surface area contributed by atoms with Crippen molar-refractivity contribution in [2.75, 3.05) is 25.5 Å². The van der Waals surface area contributed by atoms with Crippen molar-refractivity contribution in [1.29, 1.82) is 0 Å². The van der Waals surface area contributed by atoms with Crippen molar-refractivity contribution in [3.63, 3.8) is 0 Å². The lowest BCUT2D eigenvalue weighted by atomic mass is 10.0. The summed E-state index contributed by atoms with van der Waals surface area (Å²) in [5, 5.41) is 2.85. The van der Waals surface area contributed by atoms with Gasteiger partial charge in [0.25, 0.3) is 5.91 Å². The van der Waals surface area contributed by atoms with Gasteiger partial charge in [-0.15, -0.1) is 11.3 Å². The number of halogens is 1. The number of alkyl halides is 1. The van der Waals surface area contributed by atoms with Crippen LogP contribution in [0.25, 0.3) is 0 Å². The first-order valence-corrected chi connectivity index (χ1v) is 7.72. The predicted molar refractivity (Wildman–Crippen MR) is 73.3 cm³/mol. The van der Waals surface area contributed by atoms with Crippen molar-refractivity contribution < 1.29 is 9.53 Å². The lowest BCUT2D eigenvalue weighted by Crippen LogP contribution is -2.40. The second-order valence-electron chi connectivity index (χ2n) is 4.26. The van der Waals surface area contributed by atoms with Gasteiger partial charge in [-0.2, -0.15) is 0 Å². The molecule has 0 spiro atoms. The van der Waals surface area contributed by atoms with Crippen molar-refractivity contribution in [3.8, 4) is 5.75 Å². The van der Waals surface area contributed by atoms with Crippen LogP contribution in [0.15, 0.2) is 11.4 Å². The molecule has 2 heterocycles. The van der Waals surface area contributed by atoms with Crippen molar-refractivity contribution in [2.45, 2.75) is 12.8 Å². The van der Waals surface area contributed by atoms with Crippen LogP contribution >= 0.6 is 27.3 Å². The fraction of sp³-hybridized carbons (Fsp3) is 0.583. The van der Waals surface area contributed by atoms with E-state index in [4.69, 9.17) is 4.74 Å². The van der Waals surface area contributed by atoms with Crippen molar-refractivity contribution >= 4 is 33.2 Å². The molecule has 0 bridgehead atoms. The summed E-state index contributed by atoms with van der Waals surface area (Å²) in [6.07, 6.45) is 2.31. The third-order valence-corrected chi connectivity index (χ3v) is 4.86. The molecule has 17 heavy (non-hydrogen) atoms. The minimum absolute atomic E-state index is 0.143. The number of carbonyl (C=O) groups is 1. The van der Waals surface area contributed by atoms with Crippen molar-refractivity contribution in [2.24, 2.45) is 5.92 Å². The van der Waals surface area contributed by atoms with Crippen LogP contribution in [-0.4, -0.2) is 36.3 Å². The summed E-state index contributed by atoms with van der Waals surface area (Å²) in [7, 11) is 1.62. The van der Waals surface area contributed by atoms with Gasteiger partial charge >= 0.3 is 0 Å². The molecular weight excluding hydrogens is 302 g/mol. The number of carbonyl (C=O) groups excluding carboxylic acids is 1. The number of hydrogen-bond acceptors (Lipinski definition) is 3. The molecule has 94 valence electrons. The van der Waals surface area contributed by atoms with E-state index >= 15 is 0 Å². The number of ether oxygens (including phenoxy) is 1. The zero-order chi connectivity index (χ0) is 12.3. The molecule has 3 nitrogen and oxygen atoms in total. The largest absolute Gasteiger partial charge is 0.496 e. The Bertz CT molecular complexity index is 394. The first-order valence-electron chi connectivity index (χ1n) is 5.72. The second-order valence-corrected chi connectivity index (χ2v) is 5.82. The Labute approximate surface area is 114 Å². The van der Waals surface area contributed by atoms with E-state index in [1.165, 1.54) is 17.8 Å². The molecule has 0 radical (unpaired) electrons. The fourth-order valence-electron chi connectivity index (χ4n) is 2.07. The van der Waals surface area contributed by atoms with Gasteiger partial charge in [0.15, 0.2) is 0 Å². The van der Waals surface area contributed by atoms with E-state index in [1.54, 1.807) is 7.11 Å². The van der Waals surface area contributed by atoms with Crippen LogP contribution < -0.4 is 4.74 Å². The third kappa shape index (κ3) is 3.01. The number of piperidine rings is 1. The monoisotopic (exact) mass is 317 g/mol. The average Bonchev–Trinajstić information content (AvgIpc) is 2.86. The quantitative estimate of drug-likeness (QED) is 0.802. The van der Waals surface area contributed by atoms with Gasteiger partial charge in [-0.1, -0.05) is 15.9 Å². The molecule has 1 aromatic heterocycles. The summed E-state index contributed by atoms with van der Waals surface area (Å²) < 4.78 is 5.11. The van der Waals surface area contributed by atoms with Gasteiger partial charge < -0.3 is 9.64 Å². The summed E-state index contributed by atoms with van der Waals surface area (Å²) >= 11 is 4.96. The minimum atomic E-state index is 0.143. The number of amides is 1. The SMILES string of the molecule is COc1csc(C(=O)N2CCCC(CBr)C2)c1. The van der Waals surface area contributed by atoms with Crippen LogP contribution in [0.4, 0.5) is 0 Å². The van der Waals surface area contributed by atoms with Crippen LogP contribution in [0.3, 0.4) is 0 Å². The Morgan fingerprint density at radius 1 is 1.71 bits per heavy atom. The smallest absolute Gasteiger partial charge is 0.264 e. The molecule has 2 rings (SSSR count). The maximum atomic E-state index is 12.3. The molecule has 0 N–H and O–H groups in total. The highest BCUT2D eigenvalue weighted by Gasteiger charge is 2.24. The standard InChI is InChI=1S/C12H16BrNO2S/c1-16-10-5-11(17-8-10)12(15)14-4-2-3-9(6-13)7-14/h5,8-9H,2-4,6-7H2,1H3. The number of hydrogen-bond donors (Lipinski definition) is 0. The van der Waals surface area contributed by atoms with Gasteiger partial charge in [-0.3, -0.25) is 4.79 Å². The van der Waals surface area contributed by atoms with Gasteiger partial charge in [-0.25, -0.2) is 0 Å². The molecule has 1 aliphatic rings. The molecule has 1 atom stereocenters. The maximum absolute atomic E-state index is 12.3. The Morgan fingerprint density at radius 2 is 2.53 bits per heavy atom. The van der Waals surface area contributed by atoms with Crippen LogP contribution in [0, 0.1) is 5.92 Å². The van der Waals surface area contributed by atoms with Gasteiger partial charge in [0.1, 0.15) is 5.75 Å². The Morgan fingerprint density at radius 3 is 3.18 bits per heavy atom. The van der Waals surface area contributed by atoms with E-state index in [2.05, 4.69) is 15.9 Å². The maximum Gasteiger partial charge on any atom is 0.264 e. The van der Waals surface area contributed by atoms with Crippen LogP contribution in [0.2, 0.25) is 0 Å². The molecule has 0 saturated carbocycles. The molecule has 1 saturated heterocycles. The summed E-state index contributed by atoms with van der Waals surface area (Å²) in [5.41, 5.74) is 0. The summed E-state index contributed by atoms with van der Waals surface area (Å²) in [5.74, 6) is 1.51. The van der Waals surface area contributed by atoms with Crippen molar-refractivity contribution in [1.82, 2.24) is 4.90 Å². The first-order chi connectivity index (χ1) is 8.24. The predicted octanol–water partition coefficient (Wildman–Crippen LogP) is 3.00. The zero-order valence-corrected chi connectivity index (χ0v) is 12.2. The Kier molecular flexibility index (Phi) is 4.45. The summed E-state index contributed by atoms with van der Waals surface area (Å²) in [6, 6.07) is 1.82. The number of rotatable bonds is 3. The topological polar surface area (TPSA) is 29.5 Å². The molecular formula is C12H16BrNO2S. The lowest BCUT2D eigenvalue weighted by Gasteiger charge is -2.31. The number of methoxy groups -OCH3 is 1. The summed E-state index contributed by atoms with van der Waals surface area (Å²) in [6.45, 7) is 1.74. The number of thiophene rings is 1. The second kappa shape index (κ2) is 5.87. The van der Waals surface area contributed by atoms with E-state index < -0.39 is 0 Å². The Balaban J connectivity index is 2.03. The highest BCUT2D eigenvalue weighted by Crippen LogP contribution is 2.25. The van der Waals surface area contributed by atoms with E-state index in [1.807, 2.05) is 16.3 Å². The van der Waals surface area contributed by atoms with Crippen LogP contribution in [0.5, 0.6) is 5.75 Å². The van der Waals surface area contributed by atoms with Gasteiger partial charge in [-0.05, 0) is 18.8 Å². The van der Waals surface area contributed by atoms with Gasteiger partial charge in [0, 0.05) is 29.9 Å². The van der Waals surface area contributed by atoms with Crippen LogP contribution in [-0.2, 0) is 0 Å². The third-order valence-electron chi connectivity index (χ3n) is 3.05. The van der Waals surface area contributed by atoms with Crippen LogP contribution in [0.1, 0.15) is 22.5 Å². The normalized spacial score (nSPS) is 20.4. The molecule has 1 amide bonds. The van der Waals surface area contributed by atoms with E-state index in [0.717, 1.165) is 35.5 Å². The molecule has 1 aromatic rings. The number of likely N-dealkylation sites (tertiary alicyclic amines) is 1. The van der Waals surface area contributed by atoms with E-state index in [-0.39, 0.29) is 5.91 Å². The zero-order valence-electron chi connectivity index (χ0n) is 9.82. The molecule has 5 heteroatoms. The number of nitrogens with zero attached hydrogens (tertiary/aromatic N) is 1. The minimum Gasteiger partial charge on any atom is -0.496 e. The highest BCUT2D eigenvalue weighted by molar-refractivity contribution is 9.09. The van der Waals surface area contributed by atoms with E-state index in [9.17, 15) is 4.79 Å². The molecule has 0 aliphatic carbocycles. The molecule has 1 unspecified atom stereocenters. The first kappa shape index (κ1) is 12.9.